The van der Waals surface area contributed by atoms with Crippen LogP contribution in [0, 0.1) is 0 Å². The summed E-state index contributed by atoms with van der Waals surface area (Å²) >= 11 is 1.26. The minimum Gasteiger partial charge on any atom is -0.327 e. The summed E-state index contributed by atoms with van der Waals surface area (Å²) in [5.74, 6) is 1.06. The van der Waals surface area contributed by atoms with E-state index in [0.29, 0.717) is 28.7 Å². The molecule has 0 aliphatic rings. The van der Waals surface area contributed by atoms with Gasteiger partial charge in [-0.2, -0.15) is 13.2 Å². The molecule has 0 atom stereocenters. The number of thioether (sulfide) groups is 1. The number of benzene rings is 1. The van der Waals surface area contributed by atoms with E-state index in [9.17, 15) is 21.6 Å². The Balaban J connectivity index is 1.88. The van der Waals surface area contributed by atoms with Gasteiger partial charge in [0.15, 0.2) is 0 Å². The highest BCUT2D eigenvalue weighted by molar-refractivity contribution is 7.98. The van der Waals surface area contributed by atoms with Gasteiger partial charge in [0.25, 0.3) is 0 Å². The zero-order valence-corrected chi connectivity index (χ0v) is 17.1. The van der Waals surface area contributed by atoms with E-state index >= 15 is 0 Å². The number of nitrogens with zero attached hydrogens (tertiary/aromatic N) is 3. The van der Waals surface area contributed by atoms with Crippen molar-refractivity contribution in [3.8, 4) is 0 Å². The highest BCUT2D eigenvalue weighted by Gasteiger charge is 2.30. The van der Waals surface area contributed by atoms with Gasteiger partial charge in [-0.05, 0) is 36.8 Å². The third-order valence-corrected chi connectivity index (χ3v) is 6.13. The number of hydrogen-bond acceptors (Lipinski definition) is 5. The molecule has 2 heterocycles. The molecule has 1 aromatic carbocycles. The van der Waals surface area contributed by atoms with E-state index in [1.165, 1.54) is 30.0 Å². The van der Waals surface area contributed by atoms with Crippen LogP contribution in [-0.4, -0.2) is 23.0 Å². The molecular formula is C18H19F3N4O2S2. The summed E-state index contributed by atoms with van der Waals surface area (Å²) < 4.78 is 63.2. The maximum atomic E-state index is 12.7. The van der Waals surface area contributed by atoms with Crippen molar-refractivity contribution < 1.29 is 21.6 Å². The summed E-state index contributed by atoms with van der Waals surface area (Å²) in [5, 5.41) is 5.64. The van der Waals surface area contributed by atoms with Crippen molar-refractivity contribution in [2.24, 2.45) is 5.14 Å². The van der Waals surface area contributed by atoms with Crippen LogP contribution < -0.4 is 5.14 Å². The van der Waals surface area contributed by atoms with Gasteiger partial charge in [0, 0.05) is 12.7 Å². The first-order valence-electron chi connectivity index (χ1n) is 8.77. The van der Waals surface area contributed by atoms with Crippen molar-refractivity contribution in [2.45, 2.75) is 48.2 Å². The first-order chi connectivity index (χ1) is 13.6. The lowest BCUT2D eigenvalue weighted by atomic mass is 10.3. The molecule has 2 aromatic heterocycles. The molecule has 0 aliphatic carbocycles. The molecule has 11 heteroatoms. The molecule has 6 nitrogen and oxygen atoms in total. The molecule has 0 radical (unpaired) electrons. The average Bonchev–Trinajstić information content (AvgIpc) is 3.00. The lowest BCUT2D eigenvalue weighted by Gasteiger charge is -2.09. The molecule has 0 saturated carbocycles. The molecule has 0 bridgehead atoms. The molecule has 0 aliphatic heterocycles. The molecule has 0 unspecified atom stereocenters. The van der Waals surface area contributed by atoms with E-state index in [2.05, 4.69) is 16.9 Å². The summed E-state index contributed by atoms with van der Waals surface area (Å²) in [6.45, 7) is 2.75. The Morgan fingerprint density at radius 1 is 1.21 bits per heavy atom. The van der Waals surface area contributed by atoms with Crippen LogP contribution in [0.2, 0.25) is 0 Å². The molecule has 0 saturated heterocycles. The number of fused-ring (bicyclic) bond motifs is 1. The maximum Gasteiger partial charge on any atom is 0.417 e. The zero-order valence-electron chi connectivity index (χ0n) is 15.5. The normalized spacial score (nSPS) is 12.6. The van der Waals surface area contributed by atoms with Crippen LogP contribution in [0.1, 0.15) is 31.2 Å². The minimum absolute atomic E-state index is 0.0197. The second-order valence-electron chi connectivity index (χ2n) is 6.40. The highest BCUT2D eigenvalue weighted by atomic mass is 32.2. The predicted octanol–water partition coefficient (Wildman–Crippen LogP) is 4.19. The highest BCUT2D eigenvalue weighted by Crippen LogP contribution is 2.30. The number of imidazole rings is 1. The van der Waals surface area contributed by atoms with Crippen LogP contribution in [0.4, 0.5) is 13.2 Å². The van der Waals surface area contributed by atoms with E-state index < -0.39 is 21.8 Å². The molecular weight excluding hydrogens is 425 g/mol. The molecule has 0 spiro atoms. The summed E-state index contributed by atoms with van der Waals surface area (Å²) in [5.41, 5.74) is 0.484. The van der Waals surface area contributed by atoms with Crippen LogP contribution in [-0.2, 0) is 28.5 Å². The Morgan fingerprint density at radius 3 is 2.55 bits per heavy atom. The number of aryl methyl sites for hydroxylation is 1. The van der Waals surface area contributed by atoms with Gasteiger partial charge in [0.1, 0.15) is 5.82 Å². The average molecular weight is 445 g/mol. The first kappa shape index (κ1) is 21.6. The van der Waals surface area contributed by atoms with Gasteiger partial charge in [-0.1, -0.05) is 25.1 Å². The first-order valence-corrected chi connectivity index (χ1v) is 11.3. The number of hydrogen-bond donors (Lipinski definition) is 1. The van der Waals surface area contributed by atoms with Gasteiger partial charge in [-0.25, -0.2) is 23.5 Å². The van der Waals surface area contributed by atoms with E-state index in [1.807, 2.05) is 4.57 Å². The van der Waals surface area contributed by atoms with Crippen molar-refractivity contribution in [2.75, 3.05) is 0 Å². The van der Waals surface area contributed by atoms with Gasteiger partial charge in [0.05, 0.1) is 32.3 Å². The van der Waals surface area contributed by atoms with Crippen molar-refractivity contribution >= 4 is 32.8 Å². The topological polar surface area (TPSA) is 90.9 Å². The number of halogens is 3. The molecule has 2 N–H and O–H groups in total. The summed E-state index contributed by atoms with van der Waals surface area (Å²) in [6, 6.07) is 6.86. The summed E-state index contributed by atoms with van der Waals surface area (Å²) in [7, 11) is -3.84. The molecule has 3 rings (SSSR count). The third-order valence-electron chi connectivity index (χ3n) is 4.28. The van der Waals surface area contributed by atoms with E-state index in [1.54, 1.807) is 6.07 Å². The standard InChI is InChI=1S/C18H19F3N4O2S2/c1-2-3-8-25-15-6-5-13(29(22,26)27)9-14(15)24-16(25)11-28-17-7-4-12(10-23-17)18(19,20)21/h4-7,9-10H,2-3,8,11H2,1H3,(H2,22,26,27). The van der Waals surface area contributed by atoms with Crippen LogP contribution in [0.3, 0.4) is 0 Å². The van der Waals surface area contributed by atoms with Crippen molar-refractivity contribution in [3.63, 3.8) is 0 Å². The zero-order chi connectivity index (χ0) is 21.2. The van der Waals surface area contributed by atoms with Gasteiger partial charge in [-0.3, -0.25) is 0 Å². The number of aromatic nitrogens is 3. The Kier molecular flexibility index (Phi) is 6.20. The van der Waals surface area contributed by atoms with Gasteiger partial charge in [-0.15, -0.1) is 0 Å². The lowest BCUT2D eigenvalue weighted by Crippen LogP contribution is -2.11. The largest absolute Gasteiger partial charge is 0.417 e. The van der Waals surface area contributed by atoms with Gasteiger partial charge >= 0.3 is 6.18 Å². The number of unbranched alkanes of at least 4 members (excludes halogenated alkanes) is 1. The third kappa shape index (κ3) is 5.09. The van der Waals surface area contributed by atoms with E-state index in [0.717, 1.165) is 30.6 Å². The van der Waals surface area contributed by atoms with E-state index in [-0.39, 0.29) is 4.90 Å². The molecule has 3 aromatic rings. The van der Waals surface area contributed by atoms with Gasteiger partial charge < -0.3 is 4.57 Å². The fourth-order valence-electron chi connectivity index (χ4n) is 2.78. The van der Waals surface area contributed by atoms with Gasteiger partial charge in [0.2, 0.25) is 10.0 Å². The number of alkyl halides is 3. The second kappa shape index (κ2) is 8.33. The Hall–Kier alpha value is -2.11. The van der Waals surface area contributed by atoms with Crippen LogP contribution >= 0.6 is 11.8 Å². The van der Waals surface area contributed by atoms with Crippen molar-refractivity contribution in [1.82, 2.24) is 14.5 Å². The number of nitrogens with two attached hydrogens (primary N) is 1. The quantitative estimate of drug-likeness (QED) is 0.552. The molecule has 156 valence electrons. The second-order valence-corrected chi connectivity index (χ2v) is 8.96. The van der Waals surface area contributed by atoms with Crippen molar-refractivity contribution in [3.05, 3.63) is 47.9 Å². The summed E-state index contributed by atoms with van der Waals surface area (Å²) in [6.07, 6.45) is -1.76. The SMILES string of the molecule is CCCCn1c(CSc2ccc(C(F)(F)F)cn2)nc2cc(S(N)(=O)=O)ccc21. The van der Waals surface area contributed by atoms with Crippen LogP contribution in [0.5, 0.6) is 0 Å². The fourth-order valence-corrected chi connectivity index (χ4v) is 4.11. The number of sulfonamides is 1. The smallest absolute Gasteiger partial charge is 0.327 e. The molecule has 0 fully saturated rings. The predicted molar refractivity (Wildman–Crippen MR) is 105 cm³/mol. The summed E-state index contributed by atoms with van der Waals surface area (Å²) in [4.78, 5) is 8.37. The van der Waals surface area contributed by atoms with Crippen LogP contribution in [0.25, 0.3) is 11.0 Å². The lowest BCUT2D eigenvalue weighted by molar-refractivity contribution is -0.137. The Morgan fingerprint density at radius 2 is 1.97 bits per heavy atom. The Labute approximate surface area is 170 Å². The molecule has 0 amide bonds. The van der Waals surface area contributed by atoms with Crippen molar-refractivity contribution in [1.29, 1.82) is 0 Å². The Bertz CT molecular complexity index is 1110. The minimum atomic E-state index is -4.43. The fraction of sp³-hybridized carbons (Fsp3) is 0.333. The monoisotopic (exact) mass is 444 g/mol. The molecule has 29 heavy (non-hydrogen) atoms. The number of pyridine rings is 1. The number of primary sulfonamides is 1. The van der Waals surface area contributed by atoms with E-state index in [4.69, 9.17) is 5.14 Å². The number of rotatable bonds is 7. The maximum absolute atomic E-state index is 12.7. The van der Waals surface area contributed by atoms with Crippen LogP contribution in [0.15, 0.2) is 46.5 Å².